The Morgan fingerprint density at radius 3 is 1.95 bits per heavy atom. The fourth-order valence-electron chi connectivity index (χ4n) is 3.35. The Balaban J connectivity index is 2.06. The van der Waals surface area contributed by atoms with Crippen molar-refractivity contribution in [3.05, 3.63) is 0 Å². The highest BCUT2D eigenvalue weighted by Crippen LogP contribution is 2.23. The fourth-order valence-corrected chi connectivity index (χ4v) is 3.35. The monoisotopic (exact) mass is 292 g/mol. The van der Waals surface area contributed by atoms with Gasteiger partial charge in [-0.1, -0.05) is 0 Å². The Morgan fingerprint density at radius 2 is 1.33 bits per heavy atom. The van der Waals surface area contributed by atoms with Gasteiger partial charge in [0.25, 0.3) is 0 Å². The average Bonchev–Trinajstić information content (AvgIpc) is 2.45. The molecular weight excluding hydrogens is 260 g/mol. The molecule has 0 N–H and O–H groups in total. The van der Waals surface area contributed by atoms with E-state index in [4.69, 9.17) is 10.2 Å². The van der Waals surface area contributed by atoms with E-state index in [0.29, 0.717) is 18.1 Å². The summed E-state index contributed by atoms with van der Waals surface area (Å²) in [5.74, 6) is 0. The minimum absolute atomic E-state index is 0.547. The first kappa shape index (κ1) is 16.3. The fraction of sp³-hybridized carbons (Fsp3) is 0.882. The van der Waals surface area contributed by atoms with Crippen LogP contribution in [0.3, 0.4) is 0 Å². The van der Waals surface area contributed by atoms with E-state index in [1.54, 1.807) is 0 Å². The van der Waals surface area contributed by atoms with Crippen LogP contribution in [-0.4, -0.2) is 46.1 Å². The molecule has 0 amide bonds. The minimum Gasteiger partial charge on any atom is -0.294 e. The molecule has 2 aliphatic heterocycles. The number of rotatable bonds is 3. The van der Waals surface area contributed by atoms with Crippen molar-refractivity contribution in [2.45, 2.75) is 91.3 Å². The van der Waals surface area contributed by atoms with Crippen LogP contribution in [0.4, 0.5) is 0 Å². The van der Waals surface area contributed by atoms with Gasteiger partial charge in [-0.2, -0.15) is 10.2 Å². The Hall–Kier alpha value is -1.06. The summed E-state index contributed by atoms with van der Waals surface area (Å²) in [7, 11) is 0. The number of hydrogen-bond donors (Lipinski definition) is 0. The van der Waals surface area contributed by atoms with Gasteiger partial charge in [-0.15, -0.1) is 0 Å². The molecule has 0 aromatic carbocycles. The second kappa shape index (κ2) is 7.28. The Labute approximate surface area is 130 Å². The van der Waals surface area contributed by atoms with Crippen molar-refractivity contribution in [3.8, 4) is 0 Å². The van der Waals surface area contributed by atoms with Gasteiger partial charge >= 0.3 is 0 Å². The maximum atomic E-state index is 4.88. The maximum Gasteiger partial charge on any atom is 0.0804 e. The van der Waals surface area contributed by atoms with E-state index < -0.39 is 0 Å². The average molecular weight is 292 g/mol. The molecule has 0 aliphatic carbocycles. The lowest BCUT2D eigenvalue weighted by molar-refractivity contribution is 0.109. The quantitative estimate of drug-likeness (QED) is 0.739. The second-order valence-corrected chi connectivity index (χ2v) is 6.89. The molecule has 3 unspecified atom stereocenters. The zero-order chi connectivity index (χ0) is 15.4. The molecule has 3 atom stereocenters. The van der Waals surface area contributed by atoms with Crippen LogP contribution in [0.1, 0.15) is 73.1 Å². The summed E-state index contributed by atoms with van der Waals surface area (Å²) in [6.07, 6.45) is 7.68. The molecule has 2 rings (SSSR count). The van der Waals surface area contributed by atoms with Crippen molar-refractivity contribution < 1.29 is 0 Å². The third-order valence-corrected chi connectivity index (χ3v) is 4.98. The molecule has 4 nitrogen and oxygen atoms in total. The first-order valence-electron chi connectivity index (χ1n) is 8.64. The van der Waals surface area contributed by atoms with Gasteiger partial charge in [0, 0.05) is 24.7 Å². The number of hydrazone groups is 2. The van der Waals surface area contributed by atoms with Gasteiger partial charge in [0.2, 0.25) is 0 Å². The van der Waals surface area contributed by atoms with Gasteiger partial charge in [0.1, 0.15) is 0 Å². The first-order valence-corrected chi connectivity index (χ1v) is 8.64. The number of nitrogens with zero attached hydrogens (tertiary/aromatic N) is 4. The molecule has 2 fully saturated rings. The van der Waals surface area contributed by atoms with Gasteiger partial charge in [-0.05, 0) is 73.1 Å². The SMILES string of the molecule is CC(=N/N1CCCCC1C)/C(C)=N\N1C(C)CCCC1C. The van der Waals surface area contributed by atoms with Crippen molar-refractivity contribution in [1.82, 2.24) is 10.0 Å². The van der Waals surface area contributed by atoms with E-state index in [2.05, 4.69) is 44.6 Å². The van der Waals surface area contributed by atoms with Gasteiger partial charge < -0.3 is 0 Å². The molecular formula is C17H32N4. The van der Waals surface area contributed by atoms with Crippen molar-refractivity contribution in [1.29, 1.82) is 0 Å². The highest BCUT2D eigenvalue weighted by Gasteiger charge is 2.24. The molecule has 4 heteroatoms. The van der Waals surface area contributed by atoms with Crippen LogP contribution < -0.4 is 0 Å². The summed E-state index contributed by atoms with van der Waals surface area (Å²) in [4.78, 5) is 0. The lowest BCUT2D eigenvalue weighted by atomic mass is 10.00. The summed E-state index contributed by atoms with van der Waals surface area (Å²) < 4.78 is 0. The van der Waals surface area contributed by atoms with E-state index in [1.807, 2.05) is 0 Å². The predicted molar refractivity (Wildman–Crippen MR) is 90.9 cm³/mol. The maximum absolute atomic E-state index is 4.88. The van der Waals surface area contributed by atoms with Gasteiger partial charge in [0.15, 0.2) is 0 Å². The van der Waals surface area contributed by atoms with Crippen molar-refractivity contribution in [3.63, 3.8) is 0 Å². The third kappa shape index (κ3) is 4.21. The summed E-state index contributed by atoms with van der Waals surface area (Å²) in [5.41, 5.74) is 2.13. The van der Waals surface area contributed by atoms with Crippen LogP contribution in [0, 0.1) is 0 Å². The minimum atomic E-state index is 0.547. The van der Waals surface area contributed by atoms with Gasteiger partial charge in [-0.3, -0.25) is 10.0 Å². The topological polar surface area (TPSA) is 31.2 Å². The van der Waals surface area contributed by atoms with Crippen molar-refractivity contribution >= 4 is 11.4 Å². The Bertz CT molecular complexity index is 392. The standard InChI is InChI=1S/C17H32N4/c1-13-9-6-7-12-20(13)18-16(4)17(5)19-21-14(2)10-8-11-15(21)3/h13-15H,6-12H2,1-5H3/b18-16-,19-17-. The molecule has 0 aromatic rings. The predicted octanol–water partition coefficient (Wildman–Crippen LogP) is 3.88. The zero-order valence-electron chi connectivity index (χ0n) is 14.5. The molecule has 0 radical (unpaired) electrons. The molecule has 21 heavy (non-hydrogen) atoms. The largest absolute Gasteiger partial charge is 0.294 e. The lowest BCUT2D eigenvalue weighted by Gasteiger charge is -2.37. The molecule has 0 aromatic heterocycles. The highest BCUT2D eigenvalue weighted by molar-refractivity contribution is 6.40. The normalized spacial score (nSPS) is 32.5. The molecule has 0 saturated carbocycles. The van der Waals surface area contributed by atoms with E-state index in [0.717, 1.165) is 18.0 Å². The Kier molecular flexibility index (Phi) is 5.65. The van der Waals surface area contributed by atoms with Crippen molar-refractivity contribution in [2.24, 2.45) is 10.2 Å². The number of hydrogen-bond acceptors (Lipinski definition) is 4. The van der Waals surface area contributed by atoms with E-state index in [-0.39, 0.29) is 0 Å². The number of piperidine rings is 2. The van der Waals surface area contributed by atoms with Crippen LogP contribution in [-0.2, 0) is 0 Å². The van der Waals surface area contributed by atoms with Crippen LogP contribution >= 0.6 is 0 Å². The summed E-state index contributed by atoms with van der Waals surface area (Å²) in [6, 6.07) is 1.66. The molecule has 0 bridgehead atoms. The van der Waals surface area contributed by atoms with Crippen LogP contribution in [0.15, 0.2) is 10.2 Å². The second-order valence-electron chi connectivity index (χ2n) is 6.89. The third-order valence-electron chi connectivity index (χ3n) is 4.98. The van der Waals surface area contributed by atoms with Crippen LogP contribution in [0.5, 0.6) is 0 Å². The summed E-state index contributed by atoms with van der Waals surface area (Å²) >= 11 is 0. The molecule has 120 valence electrons. The van der Waals surface area contributed by atoms with Gasteiger partial charge in [-0.25, -0.2) is 0 Å². The van der Waals surface area contributed by atoms with E-state index >= 15 is 0 Å². The van der Waals surface area contributed by atoms with E-state index in [1.165, 1.54) is 38.5 Å². The van der Waals surface area contributed by atoms with Gasteiger partial charge in [0.05, 0.1) is 11.4 Å². The summed E-state index contributed by atoms with van der Waals surface area (Å²) in [6.45, 7) is 12.1. The smallest absolute Gasteiger partial charge is 0.0804 e. The van der Waals surface area contributed by atoms with E-state index in [9.17, 15) is 0 Å². The molecule has 2 heterocycles. The highest BCUT2D eigenvalue weighted by atomic mass is 15.5. The first-order chi connectivity index (χ1) is 9.99. The molecule has 0 spiro atoms. The summed E-state index contributed by atoms with van der Waals surface area (Å²) in [5, 5.41) is 14.2. The zero-order valence-corrected chi connectivity index (χ0v) is 14.5. The molecule has 2 aliphatic rings. The van der Waals surface area contributed by atoms with Crippen LogP contribution in [0.25, 0.3) is 0 Å². The lowest BCUT2D eigenvalue weighted by Crippen LogP contribution is -2.41. The van der Waals surface area contributed by atoms with Crippen LogP contribution in [0.2, 0.25) is 0 Å². The molecule has 2 saturated heterocycles. The van der Waals surface area contributed by atoms with Crippen molar-refractivity contribution in [2.75, 3.05) is 6.54 Å². The Morgan fingerprint density at radius 1 is 0.762 bits per heavy atom.